The molecular weight excluding hydrogens is 433 g/mol. The number of benzene rings is 3. The molecule has 2 atom stereocenters. The van der Waals surface area contributed by atoms with Crippen molar-refractivity contribution in [3.05, 3.63) is 97.1 Å². The first-order valence-electron chi connectivity index (χ1n) is 12.9. The number of hydrogen-bond acceptors (Lipinski definition) is 3. The zero-order chi connectivity index (χ0) is 25.4. The molecule has 0 spiro atoms. The Labute approximate surface area is 213 Å². The fourth-order valence-electron chi connectivity index (χ4n) is 4.38. The average molecular weight is 475 g/mol. The molecule has 0 aromatic heterocycles. The number of nitrogens with zero attached hydrogens (tertiary/aromatic N) is 1. The second kappa shape index (κ2) is 16.0. The SMILES string of the molecule is CCCC(OB(Oc1ccccc1)Oc1ccccc1)C(C)[N+](CC)(CC)CC.[c-]1ccccc1. The Morgan fingerprint density at radius 1 is 0.714 bits per heavy atom. The molecule has 0 aliphatic heterocycles. The molecule has 0 saturated carbocycles. The van der Waals surface area contributed by atoms with Gasteiger partial charge in [-0.3, -0.25) is 0 Å². The second-order valence-electron chi connectivity index (χ2n) is 8.60. The van der Waals surface area contributed by atoms with Gasteiger partial charge < -0.3 is 18.4 Å². The van der Waals surface area contributed by atoms with Gasteiger partial charge in [-0.15, -0.1) is 0 Å². The van der Waals surface area contributed by atoms with Gasteiger partial charge >= 0.3 is 7.32 Å². The fraction of sp³-hybridized carbons (Fsp3) is 0.400. The summed E-state index contributed by atoms with van der Waals surface area (Å²) in [5, 5.41) is 0. The topological polar surface area (TPSA) is 27.7 Å². The Bertz CT molecular complexity index is 815. The van der Waals surface area contributed by atoms with Gasteiger partial charge in [0.05, 0.1) is 25.7 Å². The van der Waals surface area contributed by atoms with Crippen molar-refractivity contribution < 1.29 is 18.4 Å². The summed E-state index contributed by atoms with van der Waals surface area (Å²) in [5.41, 5.74) is 0. The van der Waals surface area contributed by atoms with Crippen LogP contribution in [0.2, 0.25) is 0 Å². The van der Waals surface area contributed by atoms with E-state index in [2.05, 4.69) is 40.7 Å². The van der Waals surface area contributed by atoms with E-state index < -0.39 is 7.32 Å². The molecule has 0 N–H and O–H groups in total. The molecule has 0 radical (unpaired) electrons. The van der Waals surface area contributed by atoms with Crippen molar-refractivity contribution in [3.63, 3.8) is 0 Å². The number of likely N-dealkylation sites (N-methyl/N-ethyl adjacent to an activating group) is 1. The highest BCUT2D eigenvalue weighted by molar-refractivity contribution is 6.38. The minimum Gasteiger partial charge on any atom is -0.501 e. The van der Waals surface area contributed by atoms with Crippen molar-refractivity contribution in [2.75, 3.05) is 19.6 Å². The summed E-state index contributed by atoms with van der Waals surface area (Å²) in [6.45, 7) is 14.6. The molecule has 0 heterocycles. The van der Waals surface area contributed by atoms with Crippen LogP contribution in [0.15, 0.2) is 91.0 Å². The van der Waals surface area contributed by atoms with Gasteiger partial charge in [0, 0.05) is 0 Å². The molecule has 35 heavy (non-hydrogen) atoms. The highest BCUT2D eigenvalue weighted by Crippen LogP contribution is 2.24. The van der Waals surface area contributed by atoms with Crippen LogP contribution >= 0.6 is 0 Å². The first kappa shape index (κ1) is 28.5. The maximum absolute atomic E-state index is 6.51. The Morgan fingerprint density at radius 3 is 1.51 bits per heavy atom. The zero-order valence-electron chi connectivity index (χ0n) is 22.1. The summed E-state index contributed by atoms with van der Waals surface area (Å²) in [5.74, 6) is 1.47. The van der Waals surface area contributed by atoms with Crippen molar-refractivity contribution in [2.45, 2.75) is 59.6 Å². The molecule has 0 saturated heterocycles. The van der Waals surface area contributed by atoms with Crippen molar-refractivity contribution >= 4 is 7.32 Å². The van der Waals surface area contributed by atoms with E-state index in [9.17, 15) is 0 Å². The number of rotatable bonds is 13. The molecular formula is C30H42BNO3. The highest BCUT2D eigenvalue weighted by Gasteiger charge is 2.40. The van der Waals surface area contributed by atoms with Crippen LogP contribution < -0.4 is 9.31 Å². The molecule has 0 bridgehead atoms. The van der Waals surface area contributed by atoms with Crippen LogP contribution in [-0.4, -0.2) is 43.6 Å². The molecule has 0 aliphatic carbocycles. The first-order chi connectivity index (χ1) is 17.1. The third-order valence-corrected chi connectivity index (χ3v) is 6.71. The van der Waals surface area contributed by atoms with Gasteiger partial charge in [0.25, 0.3) is 0 Å². The van der Waals surface area contributed by atoms with Gasteiger partial charge in [-0.1, -0.05) is 49.7 Å². The smallest absolute Gasteiger partial charge is 0.501 e. The van der Waals surface area contributed by atoms with Gasteiger partial charge in [-0.25, -0.2) is 0 Å². The quantitative estimate of drug-likeness (QED) is 0.150. The van der Waals surface area contributed by atoms with Crippen LogP contribution in [-0.2, 0) is 4.65 Å². The standard InChI is InChI=1S/C24H37BNO3.C6H5/c1-6-16-24(21(5)26(7-2,8-3)9-4)29-25(27-22-17-12-10-13-18-22)28-23-19-14-11-15-20-23;1-2-4-6-5-3-1/h10-15,17-21,24H,6-9,16H2,1-5H3;1-5H/q+1;-1. The molecule has 0 amide bonds. The second-order valence-corrected chi connectivity index (χ2v) is 8.60. The molecule has 0 aliphatic rings. The van der Waals surface area contributed by atoms with Gasteiger partial charge in [-0.05, 0) is 58.4 Å². The minimum atomic E-state index is -0.800. The maximum atomic E-state index is 6.51. The predicted octanol–water partition coefficient (Wildman–Crippen LogP) is 7.07. The molecule has 5 heteroatoms. The van der Waals surface area contributed by atoms with Crippen LogP contribution in [0.25, 0.3) is 0 Å². The lowest BCUT2D eigenvalue weighted by Gasteiger charge is -2.44. The predicted molar refractivity (Wildman–Crippen MR) is 146 cm³/mol. The summed E-state index contributed by atoms with van der Waals surface area (Å²) in [4.78, 5) is 0. The first-order valence-corrected chi connectivity index (χ1v) is 12.9. The molecule has 3 rings (SSSR count). The lowest BCUT2D eigenvalue weighted by molar-refractivity contribution is -0.947. The number of para-hydroxylation sites is 2. The Balaban J connectivity index is 0.000000625. The van der Waals surface area contributed by atoms with Gasteiger partial charge in [-0.2, -0.15) is 36.4 Å². The Morgan fingerprint density at radius 2 is 1.17 bits per heavy atom. The molecule has 0 fully saturated rings. The van der Waals surface area contributed by atoms with Crippen LogP contribution in [0.4, 0.5) is 0 Å². The number of hydrogen-bond donors (Lipinski definition) is 0. The average Bonchev–Trinajstić information content (AvgIpc) is 2.92. The molecule has 3 aromatic rings. The third-order valence-electron chi connectivity index (χ3n) is 6.71. The van der Waals surface area contributed by atoms with E-state index in [1.54, 1.807) is 0 Å². The maximum Gasteiger partial charge on any atom is 0.788 e. The van der Waals surface area contributed by atoms with E-state index in [1.807, 2.05) is 91.0 Å². The van der Waals surface area contributed by atoms with Crippen molar-refractivity contribution in [3.8, 4) is 11.5 Å². The molecule has 3 aromatic carbocycles. The van der Waals surface area contributed by atoms with E-state index >= 15 is 0 Å². The van der Waals surface area contributed by atoms with E-state index in [1.165, 1.54) is 0 Å². The lowest BCUT2D eigenvalue weighted by Crippen LogP contribution is -2.60. The highest BCUT2D eigenvalue weighted by atomic mass is 16.7. The summed E-state index contributed by atoms with van der Waals surface area (Å²) < 4.78 is 19.7. The summed E-state index contributed by atoms with van der Waals surface area (Å²) in [7, 11) is -0.800. The van der Waals surface area contributed by atoms with E-state index in [0.29, 0.717) is 6.04 Å². The largest absolute Gasteiger partial charge is 0.788 e. The van der Waals surface area contributed by atoms with Crippen molar-refractivity contribution in [2.24, 2.45) is 0 Å². The van der Waals surface area contributed by atoms with Gasteiger partial charge in [0.1, 0.15) is 17.5 Å². The normalized spacial score (nSPS) is 12.6. The van der Waals surface area contributed by atoms with E-state index in [0.717, 1.165) is 48.5 Å². The molecule has 188 valence electrons. The fourth-order valence-corrected chi connectivity index (χ4v) is 4.38. The Hall–Kier alpha value is -2.76. The summed E-state index contributed by atoms with van der Waals surface area (Å²) >= 11 is 0. The monoisotopic (exact) mass is 475 g/mol. The minimum absolute atomic E-state index is 0.0391. The van der Waals surface area contributed by atoms with Crippen molar-refractivity contribution in [1.29, 1.82) is 0 Å². The molecule has 4 nitrogen and oxygen atoms in total. The van der Waals surface area contributed by atoms with Crippen LogP contribution in [0.5, 0.6) is 11.5 Å². The Kier molecular flexibility index (Phi) is 13.0. The number of quaternary nitrogens is 1. The van der Waals surface area contributed by atoms with Crippen molar-refractivity contribution in [1.82, 2.24) is 0 Å². The summed E-state index contributed by atoms with van der Waals surface area (Å²) in [6.07, 6.45) is 2.06. The van der Waals surface area contributed by atoms with E-state index in [-0.39, 0.29) is 6.10 Å². The molecule has 2 unspecified atom stereocenters. The lowest BCUT2D eigenvalue weighted by atomic mass is 10.0. The van der Waals surface area contributed by atoms with E-state index in [4.69, 9.17) is 14.0 Å². The zero-order valence-corrected chi connectivity index (χ0v) is 22.1. The van der Waals surface area contributed by atoms with Gasteiger partial charge in [0.2, 0.25) is 0 Å². The third kappa shape index (κ3) is 9.43. The van der Waals surface area contributed by atoms with Crippen LogP contribution in [0.1, 0.15) is 47.5 Å². The van der Waals surface area contributed by atoms with Gasteiger partial charge in [0.15, 0.2) is 0 Å². The summed E-state index contributed by atoms with van der Waals surface area (Å²) in [6, 6.07) is 32.3. The van der Waals surface area contributed by atoms with Crippen LogP contribution in [0.3, 0.4) is 0 Å². The van der Waals surface area contributed by atoms with Crippen LogP contribution in [0, 0.1) is 6.07 Å².